The molecule has 0 fully saturated rings. The van der Waals surface area contributed by atoms with Crippen molar-refractivity contribution in [3.05, 3.63) is 35.4 Å². The Labute approximate surface area is 133 Å². The molecule has 23 heavy (non-hydrogen) atoms. The van der Waals surface area contributed by atoms with Crippen molar-refractivity contribution in [2.75, 3.05) is 13.1 Å². The molecule has 0 bridgehead atoms. The van der Waals surface area contributed by atoms with Crippen LogP contribution in [0.25, 0.3) is 0 Å². The fourth-order valence-corrected chi connectivity index (χ4v) is 2.39. The molecule has 1 aliphatic heterocycles. The van der Waals surface area contributed by atoms with Gasteiger partial charge in [0.15, 0.2) is 0 Å². The first kappa shape index (κ1) is 16.7. The molecule has 7 heteroatoms. The molecule has 0 unspecified atom stereocenters. The Hall–Kier alpha value is -2.70. The molecule has 0 saturated carbocycles. The summed E-state index contributed by atoms with van der Waals surface area (Å²) < 4.78 is 0. The van der Waals surface area contributed by atoms with Crippen LogP contribution in [0.3, 0.4) is 0 Å². The number of carboxylic acid groups (broad SMARTS) is 1. The number of carbonyl (C=O) groups is 4. The normalized spacial score (nSPS) is 13.1. The number of hydrogen-bond acceptors (Lipinski definition) is 4. The molecule has 0 atom stereocenters. The lowest BCUT2D eigenvalue weighted by atomic mass is 10.1. The van der Waals surface area contributed by atoms with Gasteiger partial charge in [-0.3, -0.25) is 24.1 Å². The molecule has 7 nitrogen and oxygen atoms in total. The average molecular weight is 318 g/mol. The van der Waals surface area contributed by atoms with Gasteiger partial charge in [0.1, 0.15) is 6.54 Å². The number of fused-ring (bicyclic) bond motifs is 1. The van der Waals surface area contributed by atoms with Crippen LogP contribution in [0.15, 0.2) is 24.3 Å². The molecule has 0 radical (unpaired) electrons. The van der Waals surface area contributed by atoms with Crippen molar-refractivity contribution >= 4 is 23.7 Å². The number of imide groups is 1. The van der Waals surface area contributed by atoms with E-state index in [2.05, 4.69) is 5.32 Å². The monoisotopic (exact) mass is 318 g/mol. The highest BCUT2D eigenvalue weighted by molar-refractivity contribution is 6.22. The predicted octanol–water partition coefficient (Wildman–Crippen LogP) is 1.04. The van der Waals surface area contributed by atoms with Crippen molar-refractivity contribution in [3.8, 4) is 0 Å². The highest BCUT2D eigenvalue weighted by atomic mass is 16.4. The molecule has 1 aliphatic rings. The summed E-state index contributed by atoms with van der Waals surface area (Å²) in [5.41, 5.74) is 0.637. The van der Waals surface area contributed by atoms with Gasteiger partial charge >= 0.3 is 5.97 Å². The molecule has 2 rings (SSSR count). The van der Waals surface area contributed by atoms with Crippen LogP contribution in [0.4, 0.5) is 0 Å². The van der Waals surface area contributed by atoms with Crippen molar-refractivity contribution in [1.29, 1.82) is 0 Å². The molecule has 0 spiro atoms. The molecule has 1 aromatic rings. The van der Waals surface area contributed by atoms with Crippen molar-refractivity contribution < 1.29 is 24.3 Å². The molecule has 1 heterocycles. The highest BCUT2D eigenvalue weighted by Crippen LogP contribution is 2.21. The minimum atomic E-state index is -0.834. The van der Waals surface area contributed by atoms with E-state index in [0.29, 0.717) is 36.9 Å². The zero-order valence-corrected chi connectivity index (χ0v) is 12.6. The first-order chi connectivity index (χ1) is 11.0. The van der Waals surface area contributed by atoms with Crippen LogP contribution in [0.2, 0.25) is 0 Å². The first-order valence-corrected chi connectivity index (χ1v) is 7.44. The Kier molecular flexibility index (Phi) is 5.46. The third kappa shape index (κ3) is 4.15. The Morgan fingerprint density at radius 2 is 1.61 bits per heavy atom. The van der Waals surface area contributed by atoms with E-state index in [4.69, 9.17) is 5.11 Å². The van der Waals surface area contributed by atoms with E-state index in [1.54, 1.807) is 24.3 Å². The molecule has 0 aromatic heterocycles. The fourth-order valence-electron chi connectivity index (χ4n) is 2.39. The van der Waals surface area contributed by atoms with E-state index in [1.807, 2.05) is 0 Å². The smallest absolute Gasteiger partial charge is 0.303 e. The van der Waals surface area contributed by atoms with Crippen LogP contribution < -0.4 is 5.32 Å². The quantitative estimate of drug-likeness (QED) is 0.550. The van der Waals surface area contributed by atoms with Crippen molar-refractivity contribution in [2.24, 2.45) is 0 Å². The van der Waals surface area contributed by atoms with Gasteiger partial charge in [-0.1, -0.05) is 18.6 Å². The third-order valence-electron chi connectivity index (χ3n) is 3.57. The van der Waals surface area contributed by atoms with Crippen molar-refractivity contribution in [3.63, 3.8) is 0 Å². The van der Waals surface area contributed by atoms with Crippen LogP contribution in [0.5, 0.6) is 0 Å². The van der Waals surface area contributed by atoms with Gasteiger partial charge < -0.3 is 10.4 Å². The number of carbonyl (C=O) groups excluding carboxylic acids is 3. The van der Waals surface area contributed by atoms with Gasteiger partial charge in [0.05, 0.1) is 11.1 Å². The molecule has 122 valence electrons. The summed E-state index contributed by atoms with van der Waals surface area (Å²) in [6.45, 7) is 0.0864. The van der Waals surface area contributed by atoms with Gasteiger partial charge in [-0.25, -0.2) is 0 Å². The Bertz CT molecular complexity index is 606. The van der Waals surface area contributed by atoms with E-state index >= 15 is 0 Å². The zero-order chi connectivity index (χ0) is 16.8. The van der Waals surface area contributed by atoms with Crippen molar-refractivity contribution in [1.82, 2.24) is 10.2 Å². The van der Waals surface area contributed by atoms with E-state index in [9.17, 15) is 19.2 Å². The molecular weight excluding hydrogens is 300 g/mol. The third-order valence-corrected chi connectivity index (χ3v) is 3.57. The maximum Gasteiger partial charge on any atom is 0.303 e. The largest absolute Gasteiger partial charge is 0.481 e. The number of benzene rings is 1. The van der Waals surface area contributed by atoms with Crippen LogP contribution in [0, 0.1) is 0 Å². The SMILES string of the molecule is O=C(O)CCCCCNC(=O)CN1C(=O)c2ccccc2C1=O. The lowest BCUT2D eigenvalue weighted by molar-refractivity contribution is -0.137. The molecule has 0 saturated heterocycles. The lowest BCUT2D eigenvalue weighted by Gasteiger charge is -2.13. The maximum atomic E-state index is 12.1. The van der Waals surface area contributed by atoms with Crippen LogP contribution in [-0.2, 0) is 9.59 Å². The number of unbranched alkanes of at least 4 members (excludes halogenated alkanes) is 2. The summed E-state index contributed by atoms with van der Waals surface area (Å²) in [7, 11) is 0. The Morgan fingerprint density at radius 1 is 1.00 bits per heavy atom. The predicted molar refractivity (Wildman–Crippen MR) is 80.9 cm³/mol. The number of aliphatic carboxylic acids is 1. The van der Waals surface area contributed by atoms with Gasteiger partial charge in [-0.05, 0) is 25.0 Å². The zero-order valence-electron chi connectivity index (χ0n) is 12.6. The van der Waals surface area contributed by atoms with E-state index in [-0.39, 0.29) is 13.0 Å². The Morgan fingerprint density at radius 3 is 2.17 bits per heavy atom. The number of nitrogens with one attached hydrogen (secondary N) is 1. The second-order valence-electron chi connectivity index (χ2n) is 5.30. The van der Waals surface area contributed by atoms with Crippen molar-refractivity contribution in [2.45, 2.75) is 25.7 Å². The number of amides is 3. The summed E-state index contributed by atoms with van der Waals surface area (Å²) in [4.78, 5) is 47.3. The molecule has 0 aliphatic carbocycles. The van der Waals surface area contributed by atoms with E-state index in [1.165, 1.54) is 0 Å². The summed E-state index contributed by atoms with van der Waals surface area (Å²) in [5, 5.41) is 11.1. The molecule has 2 N–H and O–H groups in total. The fraction of sp³-hybridized carbons (Fsp3) is 0.375. The number of nitrogens with zero attached hydrogens (tertiary/aromatic N) is 1. The number of rotatable bonds is 8. The molecular formula is C16H18N2O5. The molecule has 1 aromatic carbocycles. The average Bonchev–Trinajstić information content (AvgIpc) is 2.76. The molecule has 3 amide bonds. The summed E-state index contributed by atoms with van der Waals surface area (Å²) in [5.74, 6) is -2.15. The minimum Gasteiger partial charge on any atom is -0.481 e. The first-order valence-electron chi connectivity index (χ1n) is 7.44. The van der Waals surface area contributed by atoms with Gasteiger partial charge in [-0.15, -0.1) is 0 Å². The summed E-state index contributed by atoms with van der Waals surface area (Å²) in [6.07, 6.45) is 2.02. The maximum absolute atomic E-state index is 12.1. The van der Waals surface area contributed by atoms with Gasteiger partial charge in [0.25, 0.3) is 11.8 Å². The van der Waals surface area contributed by atoms with E-state index < -0.39 is 23.7 Å². The van der Waals surface area contributed by atoms with Gasteiger partial charge in [-0.2, -0.15) is 0 Å². The second kappa shape index (κ2) is 7.53. The lowest BCUT2D eigenvalue weighted by Crippen LogP contribution is -2.40. The summed E-state index contributed by atoms with van der Waals surface area (Å²) in [6, 6.07) is 6.47. The Balaban J connectivity index is 1.75. The minimum absolute atomic E-state index is 0.114. The topological polar surface area (TPSA) is 104 Å². The van der Waals surface area contributed by atoms with E-state index in [0.717, 1.165) is 4.90 Å². The number of carboxylic acids is 1. The second-order valence-corrected chi connectivity index (χ2v) is 5.30. The van der Waals surface area contributed by atoms with Crippen LogP contribution >= 0.6 is 0 Å². The van der Waals surface area contributed by atoms with Gasteiger partial charge in [0.2, 0.25) is 5.91 Å². The number of hydrogen-bond donors (Lipinski definition) is 2. The van der Waals surface area contributed by atoms with Gasteiger partial charge in [0, 0.05) is 13.0 Å². The van der Waals surface area contributed by atoms with Crippen LogP contribution in [-0.4, -0.2) is 46.8 Å². The van der Waals surface area contributed by atoms with Crippen LogP contribution in [0.1, 0.15) is 46.4 Å². The standard InChI is InChI=1S/C16H18N2O5/c19-13(17-9-5-1-2-8-14(20)21)10-18-15(22)11-6-3-4-7-12(11)16(18)23/h3-4,6-7H,1-2,5,8-10H2,(H,17,19)(H,20,21). The highest BCUT2D eigenvalue weighted by Gasteiger charge is 2.36. The summed E-state index contributed by atoms with van der Waals surface area (Å²) >= 11 is 0.